The second-order valence-electron chi connectivity index (χ2n) is 5.52. The van der Waals surface area contributed by atoms with E-state index in [0.29, 0.717) is 19.4 Å². The van der Waals surface area contributed by atoms with Crippen LogP contribution >= 0.6 is 0 Å². The van der Waals surface area contributed by atoms with Crippen molar-refractivity contribution in [2.75, 3.05) is 6.54 Å². The van der Waals surface area contributed by atoms with Gasteiger partial charge in [-0.2, -0.15) is 0 Å². The fourth-order valence-electron chi connectivity index (χ4n) is 2.09. The molecule has 122 valence electrons. The lowest BCUT2D eigenvalue weighted by Gasteiger charge is -2.04. The number of hydrogen-bond acceptors (Lipinski definition) is 3. The van der Waals surface area contributed by atoms with Crippen LogP contribution in [0.25, 0.3) is 0 Å². The Kier molecular flexibility index (Phi) is 12.7. The first-order chi connectivity index (χ1) is 10.0. The zero-order valence-electron chi connectivity index (χ0n) is 13.2. The molecule has 0 aliphatic carbocycles. The van der Waals surface area contributed by atoms with Gasteiger partial charge in [0.2, 0.25) is 5.91 Å². The third-order valence-corrected chi connectivity index (χ3v) is 3.34. The Balaban J connectivity index is 3.19. The van der Waals surface area contributed by atoms with Crippen LogP contribution in [0.1, 0.15) is 77.6 Å². The summed E-state index contributed by atoms with van der Waals surface area (Å²) < 4.78 is 0. The number of carbonyl (C=O) groups excluding carboxylic acids is 2. The van der Waals surface area contributed by atoms with E-state index in [4.69, 9.17) is 5.11 Å². The van der Waals surface area contributed by atoms with Crippen molar-refractivity contribution in [1.29, 1.82) is 0 Å². The molecule has 0 fully saturated rings. The minimum atomic E-state index is -0.712. The first-order valence-electron chi connectivity index (χ1n) is 8.00. The summed E-state index contributed by atoms with van der Waals surface area (Å²) in [5, 5.41) is 11.2. The van der Waals surface area contributed by atoms with E-state index in [0.717, 1.165) is 51.4 Å². The number of aliphatic carboxylic acids is 1. The Bertz CT molecular complexity index is 315. The summed E-state index contributed by atoms with van der Waals surface area (Å²) in [6.45, 7) is 1.97. The lowest BCUT2D eigenvalue weighted by molar-refractivity contribution is -0.137. The molecule has 0 unspecified atom stereocenters. The number of carbonyl (C=O) groups is 3. The Morgan fingerprint density at radius 3 is 1.71 bits per heavy atom. The van der Waals surface area contributed by atoms with Crippen LogP contribution in [0.15, 0.2) is 0 Å². The van der Waals surface area contributed by atoms with Crippen LogP contribution in [-0.2, 0) is 14.4 Å². The molecule has 0 heterocycles. The van der Waals surface area contributed by atoms with E-state index in [1.165, 1.54) is 6.92 Å². The number of Topliss-reactive ketones (excluding diaryl/α,β-unsaturated/α-hetero) is 1. The maximum absolute atomic E-state index is 11.4. The van der Waals surface area contributed by atoms with Crippen LogP contribution in [-0.4, -0.2) is 29.3 Å². The van der Waals surface area contributed by atoms with Crippen LogP contribution < -0.4 is 5.32 Å². The molecule has 0 aromatic heterocycles. The number of nitrogens with one attached hydrogen (secondary N) is 1. The topological polar surface area (TPSA) is 83.5 Å². The minimum Gasteiger partial charge on any atom is -0.481 e. The molecule has 2 N–H and O–H groups in total. The van der Waals surface area contributed by atoms with Crippen molar-refractivity contribution in [3.05, 3.63) is 0 Å². The van der Waals surface area contributed by atoms with Crippen LogP contribution in [0.2, 0.25) is 0 Å². The Morgan fingerprint density at radius 2 is 1.24 bits per heavy atom. The van der Waals surface area contributed by atoms with Gasteiger partial charge in [-0.05, 0) is 19.8 Å². The molecule has 0 saturated heterocycles. The summed E-state index contributed by atoms with van der Waals surface area (Å²) in [4.78, 5) is 32.4. The van der Waals surface area contributed by atoms with Crippen LogP contribution in [0.4, 0.5) is 0 Å². The highest BCUT2D eigenvalue weighted by Crippen LogP contribution is 2.10. The van der Waals surface area contributed by atoms with Gasteiger partial charge in [-0.15, -0.1) is 0 Å². The summed E-state index contributed by atoms with van der Waals surface area (Å²) in [6, 6.07) is 0. The second kappa shape index (κ2) is 13.6. The van der Waals surface area contributed by atoms with Gasteiger partial charge in [0.05, 0.1) is 0 Å². The minimum absolute atomic E-state index is 0.0323. The van der Waals surface area contributed by atoms with Crippen molar-refractivity contribution in [3.63, 3.8) is 0 Å². The molecular weight excluding hydrogens is 270 g/mol. The van der Waals surface area contributed by atoms with Crippen LogP contribution in [0, 0.1) is 0 Å². The monoisotopic (exact) mass is 299 g/mol. The molecule has 5 heteroatoms. The van der Waals surface area contributed by atoms with E-state index in [9.17, 15) is 14.4 Å². The number of amides is 1. The summed E-state index contributed by atoms with van der Waals surface area (Å²) >= 11 is 0. The molecule has 0 aromatic rings. The van der Waals surface area contributed by atoms with Gasteiger partial charge in [0.25, 0.3) is 0 Å². The zero-order valence-corrected chi connectivity index (χ0v) is 13.2. The maximum Gasteiger partial charge on any atom is 0.303 e. The first-order valence-corrected chi connectivity index (χ1v) is 8.00. The van der Waals surface area contributed by atoms with E-state index in [1.54, 1.807) is 0 Å². The molecule has 0 aliphatic rings. The van der Waals surface area contributed by atoms with Gasteiger partial charge in [0.15, 0.2) is 0 Å². The number of carboxylic acids is 1. The van der Waals surface area contributed by atoms with E-state index in [2.05, 4.69) is 5.32 Å². The average Bonchev–Trinajstić information content (AvgIpc) is 2.40. The number of carboxylic acid groups (broad SMARTS) is 1. The van der Waals surface area contributed by atoms with Gasteiger partial charge in [0, 0.05) is 25.8 Å². The summed E-state index contributed by atoms with van der Waals surface area (Å²) in [6.07, 6.45) is 9.45. The Hall–Kier alpha value is -1.39. The van der Waals surface area contributed by atoms with Gasteiger partial charge in [-0.3, -0.25) is 14.4 Å². The van der Waals surface area contributed by atoms with Gasteiger partial charge in [0.1, 0.15) is 5.78 Å². The van der Waals surface area contributed by atoms with Gasteiger partial charge >= 0.3 is 5.97 Å². The Labute approximate surface area is 127 Å². The molecular formula is C16H29NO4. The van der Waals surface area contributed by atoms with Crippen molar-refractivity contribution >= 4 is 17.7 Å². The largest absolute Gasteiger partial charge is 0.481 e. The van der Waals surface area contributed by atoms with E-state index in [1.807, 2.05) is 0 Å². The zero-order chi connectivity index (χ0) is 15.9. The van der Waals surface area contributed by atoms with Gasteiger partial charge in [-0.25, -0.2) is 0 Å². The van der Waals surface area contributed by atoms with Crippen molar-refractivity contribution in [2.45, 2.75) is 77.6 Å². The lowest BCUT2D eigenvalue weighted by atomic mass is 10.1. The fraction of sp³-hybridized carbons (Fsp3) is 0.812. The van der Waals surface area contributed by atoms with E-state index >= 15 is 0 Å². The maximum atomic E-state index is 11.4. The summed E-state index contributed by atoms with van der Waals surface area (Å²) in [7, 11) is 0. The van der Waals surface area contributed by atoms with Crippen molar-refractivity contribution in [1.82, 2.24) is 5.32 Å². The van der Waals surface area contributed by atoms with Crippen LogP contribution in [0.5, 0.6) is 0 Å². The SMILES string of the molecule is CC(=O)CCNC(=O)CCCCCCCCCCC(=O)O. The highest BCUT2D eigenvalue weighted by molar-refractivity contribution is 5.78. The first kappa shape index (κ1) is 19.6. The molecule has 1 amide bonds. The van der Waals surface area contributed by atoms with E-state index in [-0.39, 0.29) is 18.1 Å². The predicted octanol–water partition coefficient (Wildman–Crippen LogP) is 3.07. The molecule has 0 rings (SSSR count). The van der Waals surface area contributed by atoms with Crippen molar-refractivity contribution in [3.8, 4) is 0 Å². The molecule has 5 nitrogen and oxygen atoms in total. The van der Waals surface area contributed by atoms with Crippen molar-refractivity contribution < 1.29 is 19.5 Å². The van der Waals surface area contributed by atoms with Gasteiger partial charge < -0.3 is 10.4 Å². The highest BCUT2D eigenvalue weighted by atomic mass is 16.4. The molecule has 0 radical (unpaired) electrons. The average molecular weight is 299 g/mol. The third kappa shape index (κ3) is 16.6. The number of ketones is 1. The van der Waals surface area contributed by atoms with Crippen molar-refractivity contribution in [2.24, 2.45) is 0 Å². The molecule has 0 atom stereocenters. The highest BCUT2D eigenvalue weighted by Gasteiger charge is 2.01. The second-order valence-corrected chi connectivity index (χ2v) is 5.52. The Morgan fingerprint density at radius 1 is 0.762 bits per heavy atom. The fourth-order valence-corrected chi connectivity index (χ4v) is 2.09. The standard InChI is InChI=1S/C16H29NO4/c1-14(18)12-13-17-15(19)10-8-6-4-2-3-5-7-9-11-16(20)21/h2-13H2,1H3,(H,17,19)(H,20,21). The smallest absolute Gasteiger partial charge is 0.303 e. The number of unbranched alkanes of at least 4 members (excludes halogenated alkanes) is 7. The predicted molar refractivity (Wildman–Crippen MR) is 82.1 cm³/mol. The normalized spacial score (nSPS) is 10.3. The molecule has 0 spiro atoms. The molecule has 21 heavy (non-hydrogen) atoms. The molecule has 0 aliphatic heterocycles. The molecule has 0 saturated carbocycles. The number of rotatable bonds is 14. The third-order valence-electron chi connectivity index (χ3n) is 3.34. The number of hydrogen-bond donors (Lipinski definition) is 2. The summed E-state index contributed by atoms with van der Waals surface area (Å²) in [5.74, 6) is -0.583. The van der Waals surface area contributed by atoms with E-state index < -0.39 is 5.97 Å². The van der Waals surface area contributed by atoms with Gasteiger partial charge in [-0.1, -0.05) is 38.5 Å². The quantitative estimate of drug-likeness (QED) is 0.483. The molecule has 0 aromatic carbocycles. The molecule has 0 bridgehead atoms. The summed E-state index contributed by atoms with van der Waals surface area (Å²) in [5.41, 5.74) is 0. The lowest BCUT2D eigenvalue weighted by Crippen LogP contribution is -2.25. The van der Waals surface area contributed by atoms with Crippen LogP contribution in [0.3, 0.4) is 0 Å².